The van der Waals surface area contributed by atoms with E-state index in [9.17, 15) is 4.39 Å². The van der Waals surface area contributed by atoms with Gasteiger partial charge in [-0.1, -0.05) is 31.7 Å². The Labute approximate surface area is 105 Å². The summed E-state index contributed by atoms with van der Waals surface area (Å²) in [7, 11) is 1.98. The van der Waals surface area contributed by atoms with Crippen molar-refractivity contribution in [1.82, 2.24) is 9.55 Å². The molecule has 0 unspecified atom stereocenters. The minimum atomic E-state index is -0.211. The minimum Gasteiger partial charge on any atom is -0.336 e. The molecule has 0 N–H and O–H groups in total. The molecule has 1 heterocycles. The fraction of sp³-hybridized carbons (Fsp3) is 0.308. The van der Waals surface area contributed by atoms with Crippen LogP contribution in [0.4, 0.5) is 4.39 Å². The Bertz CT molecular complexity index is 520. The van der Waals surface area contributed by atoms with E-state index in [1.54, 1.807) is 12.4 Å². The summed E-state index contributed by atoms with van der Waals surface area (Å²) in [6.07, 6.45) is 1.80. The van der Waals surface area contributed by atoms with Gasteiger partial charge in [0.1, 0.15) is 10.8 Å². The molecule has 0 aliphatic rings. The van der Waals surface area contributed by atoms with E-state index in [2.05, 4.69) is 18.8 Å². The van der Waals surface area contributed by atoms with Gasteiger partial charge in [-0.15, -0.1) is 0 Å². The standard InChI is InChI=1S/C13H15FN2S/c1-9(2)12-13(15-8-16(12)3)17-11-6-4-5-10(14)7-11/h4-9H,1-3H3. The first-order valence-electron chi connectivity index (χ1n) is 5.52. The average Bonchev–Trinajstić information content (AvgIpc) is 2.59. The smallest absolute Gasteiger partial charge is 0.124 e. The van der Waals surface area contributed by atoms with Crippen molar-refractivity contribution in [3.05, 3.63) is 42.1 Å². The summed E-state index contributed by atoms with van der Waals surface area (Å²) < 4.78 is 15.1. The molecule has 90 valence electrons. The average molecular weight is 250 g/mol. The second kappa shape index (κ2) is 4.92. The maximum Gasteiger partial charge on any atom is 0.124 e. The molecular weight excluding hydrogens is 235 g/mol. The first-order chi connectivity index (χ1) is 8.08. The van der Waals surface area contributed by atoms with E-state index in [1.165, 1.54) is 29.6 Å². The van der Waals surface area contributed by atoms with Crippen LogP contribution in [0.5, 0.6) is 0 Å². The molecule has 2 rings (SSSR count). The van der Waals surface area contributed by atoms with Crippen LogP contribution in [-0.4, -0.2) is 9.55 Å². The Morgan fingerprint density at radius 2 is 2.12 bits per heavy atom. The number of nitrogens with zero attached hydrogens (tertiary/aromatic N) is 2. The van der Waals surface area contributed by atoms with E-state index in [0.717, 1.165) is 9.92 Å². The highest BCUT2D eigenvalue weighted by molar-refractivity contribution is 7.99. The minimum absolute atomic E-state index is 0.211. The van der Waals surface area contributed by atoms with Crippen molar-refractivity contribution in [1.29, 1.82) is 0 Å². The highest BCUT2D eigenvalue weighted by Gasteiger charge is 2.13. The number of benzene rings is 1. The van der Waals surface area contributed by atoms with Crippen LogP contribution in [0.25, 0.3) is 0 Å². The highest BCUT2D eigenvalue weighted by Crippen LogP contribution is 2.32. The first kappa shape index (κ1) is 12.2. The van der Waals surface area contributed by atoms with Crippen molar-refractivity contribution in [3.63, 3.8) is 0 Å². The topological polar surface area (TPSA) is 17.8 Å². The summed E-state index contributed by atoms with van der Waals surface area (Å²) in [5.74, 6) is 0.190. The Hall–Kier alpha value is -1.29. The van der Waals surface area contributed by atoms with Crippen LogP contribution in [-0.2, 0) is 7.05 Å². The lowest BCUT2D eigenvalue weighted by atomic mass is 10.1. The third-order valence-corrected chi connectivity index (χ3v) is 3.50. The second-order valence-electron chi connectivity index (χ2n) is 4.26. The fourth-order valence-corrected chi connectivity index (χ4v) is 2.92. The zero-order valence-corrected chi connectivity index (χ0v) is 11.0. The number of rotatable bonds is 3. The summed E-state index contributed by atoms with van der Waals surface area (Å²) in [5, 5.41) is 0.952. The number of hydrogen-bond donors (Lipinski definition) is 0. The molecule has 0 amide bonds. The maximum atomic E-state index is 13.1. The predicted molar refractivity (Wildman–Crippen MR) is 67.8 cm³/mol. The third-order valence-electron chi connectivity index (χ3n) is 2.50. The van der Waals surface area contributed by atoms with Gasteiger partial charge >= 0.3 is 0 Å². The third kappa shape index (κ3) is 2.69. The molecule has 0 aliphatic carbocycles. The van der Waals surface area contributed by atoms with E-state index < -0.39 is 0 Å². The van der Waals surface area contributed by atoms with Gasteiger partial charge in [-0.05, 0) is 24.1 Å². The van der Waals surface area contributed by atoms with Crippen LogP contribution in [0.2, 0.25) is 0 Å². The molecule has 4 heteroatoms. The molecule has 0 saturated heterocycles. The van der Waals surface area contributed by atoms with Crippen LogP contribution in [0, 0.1) is 5.82 Å². The van der Waals surface area contributed by atoms with Gasteiger partial charge in [0, 0.05) is 11.9 Å². The number of hydrogen-bond acceptors (Lipinski definition) is 2. The summed E-state index contributed by atoms with van der Waals surface area (Å²) >= 11 is 1.51. The fourth-order valence-electron chi connectivity index (χ4n) is 1.79. The number of imidazole rings is 1. The zero-order chi connectivity index (χ0) is 12.4. The lowest BCUT2D eigenvalue weighted by Crippen LogP contribution is -1.98. The Morgan fingerprint density at radius 3 is 2.76 bits per heavy atom. The summed E-state index contributed by atoms with van der Waals surface area (Å²) in [6.45, 7) is 4.26. The largest absolute Gasteiger partial charge is 0.336 e. The van der Waals surface area contributed by atoms with E-state index in [0.29, 0.717) is 5.92 Å². The molecule has 0 aliphatic heterocycles. The van der Waals surface area contributed by atoms with Crippen molar-refractivity contribution < 1.29 is 4.39 Å². The zero-order valence-electron chi connectivity index (χ0n) is 10.1. The van der Waals surface area contributed by atoms with Crippen LogP contribution in [0.3, 0.4) is 0 Å². The van der Waals surface area contributed by atoms with E-state index in [-0.39, 0.29) is 5.82 Å². The lowest BCUT2D eigenvalue weighted by Gasteiger charge is -2.09. The molecule has 1 aromatic carbocycles. The summed E-state index contributed by atoms with van der Waals surface area (Å²) in [4.78, 5) is 5.25. The first-order valence-corrected chi connectivity index (χ1v) is 6.34. The van der Waals surface area contributed by atoms with Crippen LogP contribution in [0.15, 0.2) is 40.5 Å². The molecule has 0 atom stereocenters. The maximum absolute atomic E-state index is 13.1. The Balaban J connectivity index is 2.30. The van der Waals surface area contributed by atoms with Crippen molar-refractivity contribution in [2.45, 2.75) is 29.7 Å². The lowest BCUT2D eigenvalue weighted by molar-refractivity contribution is 0.624. The van der Waals surface area contributed by atoms with Gasteiger partial charge in [0.05, 0.1) is 12.0 Å². The van der Waals surface area contributed by atoms with E-state index in [1.807, 2.05) is 17.7 Å². The molecule has 0 fully saturated rings. The molecular formula is C13H15FN2S. The second-order valence-corrected chi connectivity index (χ2v) is 5.32. The number of aromatic nitrogens is 2. The van der Waals surface area contributed by atoms with Gasteiger partial charge in [-0.2, -0.15) is 0 Å². The monoisotopic (exact) mass is 250 g/mol. The molecule has 1 aromatic heterocycles. The number of aryl methyl sites for hydroxylation is 1. The van der Waals surface area contributed by atoms with Crippen LogP contribution < -0.4 is 0 Å². The summed E-state index contributed by atoms with van der Waals surface area (Å²) in [6, 6.07) is 6.59. The van der Waals surface area contributed by atoms with Gasteiger partial charge in [0.2, 0.25) is 0 Å². The van der Waals surface area contributed by atoms with Crippen molar-refractivity contribution in [2.24, 2.45) is 7.05 Å². The van der Waals surface area contributed by atoms with Crippen LogP contribution >= 0.6 is 11.8 Å². The van der Waals surface area contributed by atoms with Gasteiger partial charge in [-0.3, -0.25) is 0 Å². The Morgan fingerprint density at radius 1 is 1.35 bits per heavy atom. The SMILES string of the molecule is CC(C)c1c(Sc2cccc(F)c2)ncn1C. The van der Waals surface area contributed by atoms with Gasteiger partial charge in [-0.25, -0.2) is 9.37 Å². The molecule has 0 saturated carbocycles. The quantitative estimate of drug-likeness (QED) is 0.823. The van der Waals surface area contributed by atoms with Gasteiger partial charge in [0.15, 0.2) is 0 Å². The van der Waals surface area contributed by atoms with Crippen molar-refractivity contribution in [3.8, 4) is 0 Å². The normalized spacial score (nSPS) is 11.1. The van der Waals surface area contributed by atoms with E-state index in [4.69, 9.17) is 0 Å². The van der Waals surface area contributed by atoms with Gasteiger partial charge < -0.3 is 4.57 Å². The molecule has 0 spiro atoms. The molecule has 2 nitrogen and oxygen atoms in total. The predicted octanol–water partition coefficient (Wildman–Crippen LogP) is 3.83. The molecule has 2 aromatic rings. The molecule has 0 bridgehead atoms. The van der Waals surface area contributed by atoms with Crippen molar-refractivity contribution >= 4 is 11.8 Å². The highest BCUT2D eigenvalue weighted by atomic mass is 32.2. The van der Waals surface area contributed by atoms with Crippen LogP contribution in [0.1, 0.15) is 25.5 Å². The summed E-state index contributed by atoms with van der Waals surface area (Å²) in [5.41, 5.74) is 1.18. The van der Waals surface area contributed by atoms with E-state index >= 15 is 0 Å². The van der Waals surface area contributed by atoms with Crippen molar-refractivity contribution in [2.75, 3.05) is 0 Å². The molecule has 0 radical (unpaired) electrons. The van der Waals surface area contributed by atoms with Gasteiger partial charge in [0.25, 0.3) is 0 Å². The molecule has 17 heavy (non-hydrogen) atoms. The Kier molecular flexibility index (Phi) is 3.52. The number of halogens is 1.